The summed E-state index contributed by atoms with van der Waals surface area (Å²) in [7, 11) is 0. The number of hydrogen-bond acceptors (Lipinski definition) is 7. The SMILES string of the molecule is NC1CN(c2cncc(-c3ccc4[nH]nc(-c5cc6c(-c7ccc(F)cc7)ccnc6[nH]5)c4n3)n2)C1. The zero-order chi connectivity index (χ0) is 24.2. The first-order chi connectivity index (χ1) is 17.6. The van der Waals surface area contributed by atoms with E-state index < -0.39 is 0 Å². The van der Waals surface area contributed by atoms with Gasteiger partial charge in [0.2, 0.25) is 0 Å². The third-order valence-corrected chi connectivity index (χ3v) is 6.47. The molecule has 1 saturated heterocycles. The summed E-state index contributed by atoms with van der Waals surface area (Å²) in [5.41, 5.74) is 12.8. The van der Waals surface area contributed by atoms with Gasteiger partial charge in [-0.25, -0.2) is 19.3 Å². The fraction of sp³-hybridized carbons (Fsp3) is 0.115. The summed E-state index contributed by atoms with van der Waals surface area (Å²) in [6.45, 7) is 1.54. The van der Waals surface area contributed by atoms with E-state index in [4.69, 9.17) is 15.7 Å². The van der Waals surface area contributed by atoms with Crippen molar-refractivity contribution < 1.29 is 4.39 Å². The number of benzene rings is 1. The van der Waals surface area contributed by atoms with Crippen LogP contribution in [0, 0.1) is 5.82 Å². The van der Waals surface area contributed by atoms with Crippen LogP contribution in [0.15, 0.2) is 67.1 Å². The van der Waals surface area contributed by atoms with E-state index in [0.29, 0.717) is 28.2 Å². The number of aromatic nitrogens is 7. The average molecular weight is 478 g/mol. The number of aromatic amines is 2. The molecule has 1 aliphatic heterocycles. The highest BCUT2D eigenvalue weighted by molar-refractivity contribution is 5.99. The minimum atomic E-state index is -0.271. The zero-order valence-electron chi connectivity index (χ0n) is 19.0. The van der Waals surface area contributed by atoms with Gasteiger partial charge in [0, 0.05) is 30.7 Å². The second-order valence-electron chi connectivity index (χ2n) is 8.90. The van der Waals surface area contributed by atoms with Crippen LogP contribution < -0.4 is 10.6 Å². The van der Waals surface area contributed by atoms with Crippen molar-refractivity contribution in [1.82, 2.24) is 35.1 Å². The van der Waals surface area contributed by atoms with Gasteiger partial charge in [-0.2, -0.15) is 5.10 Å². The van der Waals surface area contributed by atoms with E-state index in [0.717, 1.165) is 46.6 Å². The van der Waals surface area contributed by atoms with Crippen LogP contribution in [-0.2, 0) is 0 Å². The van der Waals surface area contributed by atoms with Crippen LogP contribution in [0.5, 0.6) is 0 Å². The van der Waals surface area contributed by atoms with Crippen molar-refractivity contribution in [3.05, 3.63) is 72.9 Å². The smallest absolute Gasteiger partial charge is 0.147 e. The van der Waals surface area contributed by atoms with E-state index in [1.165, 1.54) is 12.1 Å². The van der Waals surface area contributed by atoms with Crippen LogP contribution in [0.1, 0.15) is 0 Å². The topological polar surface area (TPSA) is 125 Å². The monoisotopic (exact) mass is 477 g/mol. The molecule has 6 heterocycles. The second-order valence-corrected chi connectivity index (χ2v) is 8.90. The van der Waals surface area contributed by atoms with Crippen molar-refractivity contribution in [2.75, 3.05) is 18.0 Å². The zero-order valence-corrected chi connectivity index (χ0v) is 19.0. The number of anilines is 1. The Kier molecular flexibility index (Phi) is 4.55. The number of halogens is 1. The number of nitrogens with two attached hydrogens (primary N) is 1. The highest BCUT2D eigenvalue weighted by Crippen LogP contribution is 2.33. The average Bonchev–Trinajstić information content (AvgIpc) is 3.51. The summed E-state index contributed by atoms with van der Waals surface area (Å²) in [5.74, 6) is 0.519. The van der Waals surface area contributed by atoms with Crippen LogP contribution in [0.2, 0.25) is 0 Å². The largest absolute Gasteiger partial charge is 0.352 e. The summed E-state index contributed by atoms with van der Waals surface area (Å²) in [4.78, 5) is 23.9. The number of fused-ring (bicyclic) bond motifs is 2. The molecule has 4 N–H and O–H groups in total. The van der Waals surface area contributed by atoms with Crippen LogP contribution >= 0.6 is 0 Å². The second kappa shape index (κ2) is 7.92. The molecule has 1 fully saturated rings. The number of nitrogens with one attached hydrogen (secondary N) is 2. The normalized spacial score (nSPS) is 14.0. The molecule has 0 atom stereocenters. The maximum atomic E-state index is 13.5. The highest BCUT2D eigenvalue weighted by Gasteiger charge is 2.25. The van der Waals surface area contributed by atoms with E-state index in [1.54, 1.807) is 30.7 Å². The maximum absolute atomic E-state index is 13.5. The van der Waals surface area contributed by atoms with E-state index in [2.05, 4.69) is 30.0 Å². The van der Waals surface area contributed by atoms with Gasteiger partial charge >= 0.3 is 0 Å². The lowest BCUT2D eigenvalue weighted by Gasteiger charge is -2.37. The molecule has 0 saturated carbocycles. The molecule has 0 spiro atoms. The van der Waals surface area contributed by atoms with E-state index in [1.807, 2.05) is 24.3 Å². The molecule has 0 unspecified atom stereocenters. The molecule has 0 amide bonds. The fourth-order valence-electron chi connectivity index (χ4n) is 4.60. The van der Waals surface area contributed by atoms with Crippen LogP contribution in [-0.4, -0.2) is 54.2 Å². The minimum Gasteiger partial charge on any atom is -0.352 e. The van der Waals surface area contributed by atoms with Gasteiger partial charge in [0.25, 0.3) is 0 Å². The summed E-state index contributed by atoms with van der Waals surface area (Å²) in [6, 6.07) is 14.4. The van der Waals surface area contributed by atoms with E-state index >= 15 is 0 Å². The first-order valence-corrected chi connectivity index (χ1v) is 11.5. The fourth-order valence-corrected chi connectivity index (χ4v) is 4.60. The molecule has 6 aromatic rings. The summed E-state index contributed by atoms with van der Waals surface area (Å²) < 4.78 is 13.5. The molecule has 0 bridgehead atoms. The van der Waals surface area contributed by atoms with Crippen molar-refractivity contribution in [1.29, 1.82) is 0 Å². The van der Waals surface area contributed by atoms with E-state index in [-0.39, 0.29) is 11.9 Å². The van der Waals surface area contributed by atoms with Crippen LogP contribution in [0.3, 0.4) is 0 Å². The molecule has 7 rings (SSSR count). The Morgan fingerprint density at radius 2 is 1.83 bits per heavy atom. The Labute approximate surface area is 204 Å². The molecule has 5 aromatic heterocycles. The molecule has 1 aromatic carbocycles. The molecule has 0 radical (unpaired) electrons. The van der Waals surface area contributed by atoms with E-state index in [9.17, 15) is 4.39 Å². The number of hydrogen-bond donors (Lipinski definition) is 3. The Balaban J connectivity index is 1.30. The standard InChI is InChI=1S/C26H20FN9/c27-15-3-1-14(2-4-15)17-7-8-30-26-18(17)9-21(33-26)25-24-20(34-35-25)6-5-19(32-24)22-10-29-11-23(31-22)36-12-16(28)13-36/h1-11,16H,12-13,28H2,(H,30,33)(H,34,35). The van der Waals surface area contributed by atoms with Gasteiger partial charge < -0.3 is 15.6 Å². The van der Waals surface area contributed by atoms with Gasteiger partial charge in [0.1, 0.15) is 34.2 Å². The molecule has 9 nitrogen and oxygen atoms in total. The first-order valence-electron chi connectivity index (χ1n) is 11.5. The minimum absolute atomic E-state index is 0.174. The highest BCUT2D eigenvalue weighted by atomic mass is 19.1. The molecule has 10 heteroatoms. The van der Waals surface area contributed by atoms with Crippen molar-refractivity contribution in [3.8, 4) is 33.9 Å². The third kappa shape index (κ3) is 3.38. The van der Waals surface area contributed by atoms with Gasteiger partial charge in [-0.05, 0) is 47.5 Å². The van der Waals surface area contributed by atoms with Gasteiger partial charge in [-0.15, -0.1) is 0 Å². The number of nitrogens with zero attached hydrogens (tertiary/aromatic N) is 6. The van der Waals surface area contributed by atoms with Crippen molar-refractivity contribution >= 4 is 27.9 Å². The molecular formula is C26H20FN9. The van der Waals surface area contributed by atoms with Crippen LogP contribution in [0.25, 0.3) is 56.0 Å². The molecule has 176 valence electrons. The quantitative estimate of drug-likeness (QED) is 0.351. The third-order valence-electron chi connectivity index (χ3n) is 6.47. The molecule has 36 heavy (non-hydrogen) atoms. The van der Waals surface area contributed by atoms with Crippen molar-refractivity contribution in [3.63, 3.8) is 0 Å². The van der Waals surface area contributed by atoms with Gasteiger partial charge in [0.05, 0.1) is 29.3 Å². The van der Waals surface area contributed by atoms with Gasteiger partial charge in [-0.1, -0.05) is 12.1 Å². The van der Waals surface area contributed by atoms with Crippen molar-refractivity contribution in [2.24, 2.45) is 5.73 Å². The number of pyridine rings is 2. The first kappa shape index (κ1) is 20.7. The molecular weight excluding hydrogens is 457 g/mol. The Morgan fingerprint density at radius 1 is 0.972 bits per heavy atom. The summed E-state index contributed by atoms with van der Waals surface area (Å²) in [5, 5.41) is 8.51. The maximum Gasteiger partial charge on any atom is 0.147 e. The predicted octanol–water partition coefficient (Wildman–Crippen LogP) is 3.91. The predicted molar refractivity (Wildman–Crippen MR) is 136 cm³/mol. The Bertz CT molecular complexity index is 1730. The Hall–Kier alpha value is -4.70. The van der Waals surface area contributed by atoms with Crippen molar-refractivity contribution in [2.45, 2.75) is 6.04 Å². The number of H-pyrrole nitrogens is 2. The number of rotatable bonds is 4. The molecule has 0 aliphatic carbocycles. The summed E-state index contributed by atoms with van der Waals surface area (Å²) in [6.07, 6.45) is 5.18. The molecule has 1 aliphatic rings. The van der Waals surface area contributed by atoms with Gasteiger partial charge in [-0.3, -0.25) is 10.1 Å². The van der Waals surface area contributed by atoms with Crippen LogP contribution in [0.4, 0.5) is 10.2 Å². The lowest BCUT2D eigenvalue weighted by Crippen LogP contribution is -2.56. The Morgan fingerprint density at radius 3 is 2.67 bits per heavy atom. The lowest BCUT2D eigenvalue weighted by molar-refractivity contribution is 0.514. The lowest BCUT2D eigenvalue weighted by atomic mass is 10.0. The summed E-state index contributed by atoms with van der Waals surface area (Å²) >= 11 is 0. The van der Waals surface area contributed by atoms with Gasteiger partial charge in [0.15, 0.2) is 0 Å².